The molecule has 0 saturated carbocycles. The predicted molar refractivity (Wildman–Crippen MR) is 50.9 cm³/mol. The average Bonchev–Trinajstić information content (AvgIpc) is 2.61. The molecule has 1 amide bonds. The van der Waals surface area contributed by atoms with Crippen LogP contribution in [0.2, 0.25) is 0 Å². The monoisotopic (exact) mass is 271 g/mol. The van der Waals surface area contributed by atoms with Gasteiger partial charge in [-0.05, 0) is 19.1 Å². The highest BCUT2D eigenvalue weighted by Gasteiger charge is 2.64. The zero-order valence-electron chi connectivity index (χ0n) is 9.52. The number of aryl methyl sites for hydroxylation is 1. The molecule has 0 saturated heterocycles. The molecule has 1 aromatic heterocycles. The van der Waals surface area contributed by atoms with Gasteiger partial charge < -0.3 is 9.32 Å². The van der Waals surface area contributed by atoms with E-state index in [0.29, 0.717) is 5.76 Å². The fourth-order valence-corrected chi connectivity index (χ4v) is 1.24. The Bertz CT molecular complexity index is 438. The summed E-state index contributed by atoms with van der Waals surface area (Å²) in [5, 5.41) is 0. The van der Waals surface area contributed by atoms with E-state index in [2.05, 4.69) is 0 Å². The fraction of sp³-hybridized carbons (Fsp3) is 0.500. The number of halogens is 5. The summed E-state index contributed by atoms with van der Waals surface area (Å²) in [6.45, 7) is 1.12. The van der Waals surface area contributed by atoms with Crippen molar-refractivity contribution in [2.45, 2.75) is 25.6 Å². The Morgan fingerprint density at radius 2 is 1.83 bits per heavy atom. The number of rotatable bonds is 3. The van der Waals surface area contributed by atoms with Gasteiger partial charge in [-0.25, -0.2) is 0 Å². The topological polar surface area (TPSA) is 33.5 Å². The number of carbonyl (C=O) groups is 1. The molecule has 0 fully saturated rings. The summed E-state index contributed by atoms with van der Waals surface area (Å²) in [6.07, 6.45) is -5.91. The van der Waals surface area contributed by atoms with Crippen LogP contribution in [0.15, 0.2) is 16.5 Å². The first kappa shape index (κ1) is 14.5. The van der Waals surface area contributed by atoms with Crippen LogP contribution in [0.3, 0.4) is 0 Å². The summed E-state index contributed by atoms with van der Waals surface area (Å²) >= 11 is 0. The van der Waals surface area contributed by atoms with Crippen molar-refractivity contribution in [2.24, 2.45) is 0 Å². The van der Waals surface area contributed by atoms with E-state index in [9.17, 15) is 26.7 Å². The van der Waals surface area contributed by atoms with Gasteiger partial charge in [-0.3, -0.25) is 4.79 Å². The normalized spacial score (nSPS) is 12.6. The highest BCUT2D eigenvalue weighted by molar-refractivity contribution is 5.84. The second kappa shape index (κ2) is 4.58. The van der Waals surface area contributed by atoms with Crippen LogP contribution in [0.4, 0.5) is 22.0 Å². The molecule has 0 aliphatic heterocycles. The van der Waals surface area contributed by atoms with Crippen LogP contribution in [-0.4, -0.2) is 30.0 Å². The van der Waals surface area contributed by atoms with E-state index in [0.717, 1.165) is 7.05 Å². The van der Waals surface area contributed by atoms with E-state index >= 15 is 0 Å². The maximum atomic E-state index is 12.7. The Kier molecular flexibility index (Phi) is 3.68. The summed E-state index contributed by atoms with van der Waals surface area (Å²) in [7, 11) is 0.847. The second-order valence-electron chi connectivity index (χ2n) is 3.75. The lowest BCUT2D eigenvalue weighted by molar-refractivity contribution is -0.274. The van der Waals surface area contributed by atoms with Crippen molar-refractivity contribution in [3.05, 3.63) is 23.7 Å². The van der Waals surface area contributed by atoms with Gasteiger partial charge in [0.25, 0.3) is 0 Å². The number of amides is 1. The Balaban J connectivity index is 2.79. The number of carbonyl (C=O) groups excluding carboxylic acids is 1. The van der Waals surface area contributed by atoms with Gasteiger partial charge in [-0.2, -0.15) is 22.0 Å². The predicted octanol–water partition coefficient (Wildman–Crippen LogP) is 2.74. The summed E-state index contributed by atoms with van der Waals surface area (Å²) < 4.78 is 66.4. The molecule has 102 valence electrons. The fourth-order valence-electron chi connectivity index (χ4n) is 1.24. The molecule has 3 nitrogen and oxygen atoms in total. The number of hydrogen-bond acceptors (Lipinski definition) is 2. The number of furan rings is 1. The van der Waals surface area contributed by atoms with E-state index in [1.54, 1.807) is 6.92 Å². The van der Waals surface area contributed by atoms with Crippen LogP contribution in [0.5, 0.6) is 0 Å². The van der Waals surface area contributed by atoms with E-state index in [-0.39, 0.29) is 10.7 Å². The van der Waals surface area contributed by atoms with E-state index in [1.807, 2.05) is 0 Å². The van der Waals surface area contributed by atoms with E-state index in [4.69, 9.17) is 4.42 Å². The minimum Gasteiger partial charge on any atom is -0.464 e. The number of alkyl halides is 5. The average molecular weight is 271 g/mol. The maximum absolute atomic E-state index is 12.7. The van der Waals surface area contributed by atoms with Gasteiger partial charge in [0.15, 0.2) is 0 Å². The molecule has 0 aliphatic carbocycles. The Hall–Kier alpha value is -1.60. The van der Waals surface area contributed by atoms with Crippen molar-refractivity contribution in [2.75, 3.05) is 7.05 Å². The van der Waals surface area contributed by atoms with Crippen molar-refractivity contribution in [3.8, 4) is 0 Å². The highest BCUT2D eigenvalue weighted by atomic mass is 19.4. The first-order chi connectivity index (χ1) is 8.05. The van der Waals surface area contributed by atoms with E-state index < -0.39 is 24.6 Å². The summed E-state index contributed by atoms with van der Waals surface area (Å²) in [6, 6.07) is 2.90. The zero-order chi connectivity index (χ0) is 14.1. The maximum Gasteiger partial charge on any atom is 0.463 e. The lowest BCUT2D eigenvalue weighted by atomic mass is 10.2. The van der Waals surface area contributed by atoms with Crippen LogP contribution in [0, 0.1) is 6.92 Å². The Morgan fingerprint density at radius 1 is 1.28 bits per heavy atom. The lowest BCUT2D eigenvalue weighted by Crippen LogP contribution is -2.50. The first-order valence-corrected chi connectivity index (χ1v) is 4.81. The minimum absolute atomic E-state index is 0.126. The molecule has 0 bridgehead atoms. The Labute approximate surface area is 99.2 Å². The molecule has 0 radical (unpaired) electrons. The van der Waals surface area contributed by atoms with Crippen LogP contribution in [0.1, 0.15) is 11.5 Å². The van der Waals surface area contributed by atoms with Gasteiger partial charge in [0.05, 0.1) is 6.54 Å². The molecule has 1 heterocycles. The van der Waals surface area contributed by atoms with Crippen molar-refractivity contribution in [1.29, 1.82) is 0 Å². The third-order valence-electron chi connectivity index (χ3n) is 2.16. The molecule has 0 atom stereocenters. The molecule has 0 aromatic carbocycles. The zero-order valence-corrected chi connectivity index (χ0v) is 9.52. The van der Waals surface area contributed by atoms with Crippen LogP contribution < -0.4 is 0 Å². The standard InChI is InChI=1S/C10H10F5NO2/c1-6-3-4-7(18-6)5-16(2)8(17)9(11,12)10(13,14)15/h3-4H,5H2,1-2H3. The SMILES string of the molecule is Cc1ccc(CN(C)C(=O)C(F)(F)C(F)(F)F)o1. The minimum atomic E-state index is -5.91. The summed E-state index contributed by atoms with van der Waals surface area (Å²) in [5.41, 5.74) is 0. The van der Waals surface area contributed by atoms with Crippen molar-refractivity contribution in [3.63, 3.8) is 0 Å². The summed E-state index contributed by atoms with van der Waals surface area (Å²) in [4.78, 5) is 11.3. The molecule has 1 rings (SSSR count). The van der Waals surface area contributed by atoms with Crippen LogP contribution in [-0.2, 0) is 11.3 Å². The van der Waals surface area contributed by atoms with Gasteiger partial charge in [-0.1, -0.05) is 0 Å². The van der Waals surface area contributed by atoms with Crippen LogP contribution in [0.25, 0.3) is 0 Å². The number of hydrogen-bond donors (Lipinski definition) is 0. The molecule has 18 heavy (non-hydrogen) atoms. The molecular weight excluding hydrogens is 261 g/mol. The van der Waals surface area contributed by atoms with E-state index in [1.165, 1.54) is 12.1 Å². The molecule has 0 aliphatic rings. The summed E-state index contributed by atoms with van der Waals surface area (Å²) in [5.74, 6) is -7.12. The third-order valence-corrected chi connectivity index (χ3v) is 2.16. The smallest absolute Gasteiger partial charge is 0.463 e. The van der Waals surface area contributed by atoms with Crippen molar-refractivity contribution >= 4 is 5.91 Å². The van der Waals surface area contributed by atoms with Crippen molar-refractivity contribution in [1.82, 2.24) is 4.90 Å². The molecule has 1 aromatic rings. The second-order valence-corrected chi connectivity index (χ2v) is 3.75. The quantitative estimate of drug-likeness (QED) is 0.792. The molecule has 0 N–H and O–H groups in total. The number of nitrogens with zero attached hydrogens (tertiary/aromatic N) is 1. The molecular formula is C10H10F5NO2. The molecule has 0 spiro atoms. The molecule has 0 unspecified atom stereocenters. The van der Waals surface area contributed by atoms with Gasteiger partial charge in [0.1, 0.15) is 11.5 Å². The lowest BCUT2D eigenvalue weighted by Gasteiger charge is -2.24. The highest BCUT2D eigenvalue weighted by Crippen LogP contribution is 2.36. The van der Waals surface area contributed by atoms with Crippen LogP contribution >= 0.6 is 0 Å². The third kappa shape index (κ3) is 2.80. The van der Waals surface area contributed by atoms with Gasteiger partial charge >= 0.3 is 18.0 Å². The largest absolute Gasteiger partial charge is 0.464 e. The van der Waals surface area contributed by atoms with Gasteiger partial charge in [0.2, 0.25) is 0 Å². The Morgan fingerprint density at radius 3 is 2.22 bits per heavy atom. The van der Waals surface area contributed by atoms with Gasteiger partial charge in [0, 0.05) is 7.05 Å². The van der Waals surface area contributed by atoms with Crippen molar-refractivity contribution < 1.29 is 31.2 Å². The first-order valence-electron chi connectivity index (χ1n) is 4.81. The van der Waals surface area contributed by atoms with Gasteiger partial charge in [-0.15, -0.1) is 0 Å². The molecule has 8 heteroatoms.